The van der Waals surface area contributed by atoms with Gasteiger partial charge in [-0.2, -0.15) is 0 Å². The third-order valence-electron chi connectivity index (χ3n) is 6.17. The second kappa shape index (κ2) is 6.41. The first kappa shape index (κ1) is 18.6. The average molecular weight is 383 g/mol. The molecule has 8 nitrogen and oxygen atoms in total. The molecule has 1 aromatic heterocycles. The smallest absolute Gasteiger partial charge is 0.319 e. The molecule has 0 bridgehead atoms. The molecule has 4 rings (SSSR count). The lowest BCUT2D eigenvalue weighted by Gasteiger charge is -2.36. The first-order valence-corrected chi connectivity index (χ1v) is 9.51. The summed E-state index contributed by atoms with van der Waals surface area (Å²) in [5.41, 5.74) is 5.13. The van der Waals surface area contributed by atoms with Gasteiger partial charge >= 0.3 is 5.97 Å². The zero-order valence-electron chi connectivity index (χ0n) is 16.2. The maximum atomic E-state index is 12.9. The number of carbonyl (C=O) groups excluding carboxylic acids is 1. The fourth-order valence-electron chi connectivity index (χ4n) is 4.24. The van der Waals surface area contributed by atoms with Crippen LogP contribution >= 0.6 is 0 Å². The zero-order chi connectivity index (χ0) is 20.1. The van der Waals surface area contributed by atoms with E-state index in [1.165, 1.54) is 0 Å². The molecule has 0 radical (unpaired) electrons. The molecule has 1 aliphatic carbocycles. The highest BCUT2D eigenvalue weighted by molar-refractivity contribution is 6.06. The molecule has 1 saturated carbocycles. The number of aliphatic carboxylic acids is 1. The van der Waals surface area contributed by atoms with E-state index in [4.69, 9.17) is 5.73 Å². The number of hydrogen-bond donors (Lipinski definition) is 2. The third-order valence-corrected chi connectivity index (χ3v) is 6.17. The predicted octanol–water partition coefficient (Wildman–Crippen LogP) is 1.36. The molecule has 2 aliphatic rings. The van der Waals surface area contributed by atoms with E-state index in [2.05, 4.69) is 14.9 Å². The number of aromatic nitrogens is 2. The van der Waals surface area contributed by atoms with Crippen molar-refractivity contribution < 1.29 is 14.7 Å². The Morgan fingerprint density at radius 2 is 1.79 bits per heavy atom. The Morgan fingerprint density at radius 3 is 2.39 bits per heavy atom. The van der Waals surface area contributed by atoms with Crippen LogP contribution in [-0.4, -0.2) is 62.9 Å². The topological polar surface area (TPSA) is 113 Å². The molecule has 1 saturated heterocycles. The first-order chi connectivity index (χ1) is 13.2. The van der Waals surface area contributed by atoms with Crippen LogP contribution in [0.3, 0.4) is 0 Å². The average Bonchev–Trinajstić information content (AvgIpc) is 3.26. The Labute approximate surface area is 163 Å². The summed E-state index contributed by atoms with van der Waals surface area (Å²) < 4.78 is 0. The molecule has 2 aromatic rings. The minimum absolute atomic E-state index is 0.254. The molecule has 1 aromatic carbocycles. The Hall–Kier alpha value is -2.74. The van der Waals surface area contributed by atoms with E-state index in [1.807, 2.05) is 38.1 Å². The molecule has 0 spiro atoms. The molecular weight excluding hydrogens is 358 g/mol. The van der Waals surface area contributed by atoms with Crippen LogP contribution in [0.2, 0.25) is 0 Å². The Bertz CT molecular complexity index is 952. The van der Waals surface area contributed by atoms with Gasteiger partial charge in [-0.05, 0) is 24.0 Å². The van der Waals surface area contributed by atoms with Crippen molar-refractivity contribution in [1.82, 2.24) is 19.8 Å². The van der Waals surface area contributed by atoms with Crippen LogP contribution < -0.4 is 5.73 Å². The molecule has 28 heavy (non-hydrogen) atoms. The van der Waals surface area contributed by atoms with Crippen LogP contribution in [0.5, 0.6) is 0 Å². The Balaban J connectivity index is 1.41. The molecule has 1 aliphatic heterocycles. The molecule has 1 unspecified atom stereocenters. The van der Waals surface area contributed by atoms with E-state index < -0.39 is 16.8 Å². The molecule has 3 N–H and O–H groups in total. The van der Waals surface area contributed by atoms with E-state index in [-0.39, 0.29) is 5.91 Å². The van der Waals surface area contributed by atoms with E-state index in [0.717, 1.165) is 10.9 Å². The zero-order valence-corrected chi connectivity index (χ0v) is 16.2. The number of benzene rings is 1. The lowest BCUT2D eigenvalue weighted by atomic mass is 9.94. The Kier molecular flexibility index (Phi) is 4.26. The van der Waals surface area contributed by atoms with Crippen LogP contribution in [0.1, 0.15) is 26.1 Å². The van der Waals surface area contributed by atoms with Crippen molar-refractivity contribution >= 4 is 28.6 Å². The molecule has 2 fully saturated rings. The highest BCUT2D eigenvalue weighted by Crippen LogP contribution is 2.64. The van der Waals surface area contributed by atoms with Gasteiger partial charge in [-0.15, -0.1) is 0 Å². The van der Waals surface area contributed by atoms with Gasteiger partial charge in [-0.25, -0.2) is 9.97 Å². The summed E-state index contributed by atoms with van der Waals surface area (Å²) in [5.74, 6) is -0.143. The van der Waals surface area contributed by atoms with Gasteiger partial charge in [0.15, 0.2) is 5.41 Å². The summed E-state index contributed by atoms with van der Waals surface area (Å²) in [6, 6.07) is 7.64. The van der Waals surface area contributed by atoms with Crippen molar-refractivity contribution in [3.05, 3.63) is 30.1 Å². The van der Waals surface area contributed by atoms with Crippen molar-refractivity contribution in [2.24, 2.45) is 10.8 Å². The fraction of sp³-hybridized carbons (Fsp3) is 0.500. The van der Waals surface area contributed by atoms with Gasteiger partial charge in [0.1, 0.15) is 11.6 Å². The van der Waals surface area contributed by atoms with Crippen molar-refractivity contribution in [2.45, 2.75) is 26.8 Å². The van der Waals surface area contributed by atoms with Crippen LogP contribution in [0, 0.1) is 10.8 Å². The van der Waals surface area contributed by atoms with Gasteiger partial charge in [0.25, 0.3) is 0 Å². The number of carbonyl (C=O) groups is 2. The standard InChI is InChI=1S/C20H25N5O3/c1-19(2)12-20(19,18(27)28)17(26)25-9-7-24(8-10-25)11-15-22-14-6-4-3-5-13(14)16(21)23-15/h3-6H,7-12H2,1-2H3,(H,27,28)(H2,21,22,23). The van der Waals surface area contributed by atoms with Crippen LogP contribution in [-0.2, 0) is 16.1 Å². The van der Waals surface area contributed by atoms with E-state index in [0.29, 0.717) is 50.8 Å². The molecule has 1 amide bonds. The fourth-order valence-corrected chi connectivity index (χ4v) is 4.24. The number of piperazine rings is 1. The van der Waals surface area contributed by atoms with Crippen molar-refractivity contribution in [3.8, 4) is 0 Å². The lowest BCUT2D eigenvalue weighted by Crippen LogP contribution is -2.52. The number of anilines is 1. The molecular formula is C20H25N5O3. The summed E-state index contributed by atoms with van der Waals surface area (Å²) in [4.78, 5) is 37.5. The van der Waals surface area contributed by atoms with Gasteiger partial charge in [0.2, 0.25) is 5.91 Å². The summed E-state index contributed by atoms with van der Waals surface area (Å²) >= 11 is 0. The first-order valence-electron chi connectivity index (χ1n) is 9.51. The number of nitrogens with zero attached hydrogens (tertiary/aromatic N) is 4. The summed E-state index contributed by atoms with van der Waals surface area (Å²) in [6.45, 7) is 6.55. The number of nitrogen functional groups attached to an aromatic ring is 1. The van der Waals surface area contributed by atoms with Gasteiger partial charge in [-0.3, -0.25) is 14.5 Å². The van der Waals surface area contributed by atoms with Crippen LogP contribution in [0.4, 0.5) is 5.82 Å². The summed E-state index contributed by atoms with van der Waals surface area (Å²) in [7, 11) is 0. The maximum absolute atomic E-state index is 12.9. The number of carboxylic acid groups (broad SMARTS) is 1. The third kappa shape index (κ3) is 2.88. The minimum Gasteiger partial charge on any atom is -0.480 e. The normalized spacial score (nSPS) is 24.3. The predicted molar refractivity (Wildman–Crippen MR) is 104 cm³/mol. The Morgan fingerprint density at radius 1 is 1.14 bits per heavy atom. The number of fused-ring (bicyclic) bond motifs is 1. The van der Waals surface area contributed by atoms with Crippen LogP contribution in [0.25, 0.3) is 10.9 Å². The molecule has 8 heteroatoms. The molecule has 2 heterocycles. The van der Waals surface area contributed by atoms with Gasteiger partial charge in [0, 0.05) is 31.6 Å². The summed E-state index contributed by atoms with van der Waals surface area (Å²) in [6.07, 6.45) is 0.401. The highest BCUT2D eigenvalue weighted by atomic mass is 16.4. The number of para-hydroxylation sites is 1. The molecule has 1 atom stereocenters. The second-order valence-corrected chi connectivity index (χ2v) is 8.38. The number of carboxylic acids is 1. The number of rotatable bonds is 4. The largest absolute Gasteiger partial charge is 0.480 e. The van der Waals surface area contributed by atoms with Crippen molar-refractivity contribution in [1.29, 1.82) is 0 Å². The van der Waals surface area contributed by atoms with E-state index >= 15 is 0 Å². The highest BCUT2D eigenvalue weighted by Gasteiger charge is 2.72. The number of nitrogens with two attached hydrogens (primary N) is 1. The quantitative estimate of drug-likeness (QED) is 0.767. The van der Waals surface area contributed by atoms with Gasteiger partial charge in [0.05, 0.1) is 12.1 Å². The lowest BCUT2D eigenvalue weighted by molar-refractivity contribution is -0.156. The SMILES string of the molecule is CC1(C)CC1(C(=O)O)C(=O)N1CCN(Cc2nc(N)c3ccccc3n2)CC1. The van der Waals surface area contributed by atoms with Crippen molar-refractivity contribution in [3.63, 3.8) is 0 Å². The maximum Gasteiger partial charge on any atom is 0.319 e. The van der Waals surface area contributed by atoms with E-state index in [9.17, 15) is 14.7 Å². The summed E-state index contributed by atoms with van der Waals surface area (Å²) in [5, 5.41) is 10.5. The van der Waals surface area contributed by atoms with Gasteiger partial charge in [-0.1, -0.05) is 26.0 Å². The minimum atomic E-state index is -1.26. The van der Waals surface area contributed by atoms with Gasteiger partial charge < -0.3 is 15.7 Å². The molecule has 148 valence electrons. The van der Waals surface area contributed by atoms with Crippen LogP contribution in [0.15, 0.2) is 24.3 Å². The second-order valence-electron chi connectivity index (χ2n) is 8.38. The number of hydrogen-bond acceptors (Lipinski definition) is 6. The van der Waals surface area contributed by atoms with E-state index in [1.54, 1.807) is 4.90 Å². The monoisotopic (exact) mass is 383 g/mol. The number of amides is 1. The van der Waals surface area contributed by atoms with Crippen molar-refractivity contribution in [2.75, 3.05) is 31.9 Å².